The molecule has 1 heterocycles. The maximum Gasteiger partial charge on any atom is 0.305 e. The van der Waals surface area contributed by atoms with Gasteiger partial charge in [0, 0.05) is 6.42 Å². The molecule has 4 heteroatoms. The quantitative estimate of drug-likeness (QED) is 0.637. The Balaban J connectivity index is 2.25. The van der Waals surface area contributed by atoms with Gasteiger partial charge in [0.1, 0.15) is 6.10 Å². The van der Waals surface area contributed by atoms with Crippen LogP contribution in [0, 0.1) is 0 Å². The van der Waals surface area contributed by atoms with Crippen molar-refractivity contribution in [3.63, 3.8) is 0 Å². The van der Waals surface area contributed by atoms with Crippen molar-refractivity contribution in [1.82, 2.24) is 0 Å². The third kappa shape index (κ3) is 3.10. The number of ketones is 1. The van der Waals surface area contributed by atoms with Crippen LogP contribution in [0.25, 0.3) is 0 Å². The molecule has 4 nitrogen and oxygen atoms in total. The number of Topliss-reactive ketones (excluding diaryl/α,β-unsaturated/α-hetero) is 1. The lowest BCUT2D eigenvalue weighted by atomic mass is 10.1. The summed E-state index contributed by atoms with van der Waals surface area (Å²) >= 11 is 0. The molecule has 80 valence electrons. The highest BCUT2D eigenvalue weighted by Gasteiger charge is 2.27. The Hall–Kier alpha value is -0.900. The van der Waals surface area contributed by atoms with Gasteiger partial charge in [-0.2, -0.15) is 0 Å². The third-order valence-corrected chi connectivity index (χ3v) is 2.39. The van der Waals surface area contributed by atoms with E-state index in [4.69, 9.17) is 4.74 Å². The van der Waals surface area contributed by atoms with Crippen molar-refractivity contribution >= 4 is 11.8 Å². The minimum atomic E-state index is -0.343. The average molecular weight is 200 g/mol. The van der Waals surface area contributed by atoms with Crippen LogP contribution in [0.4, 0.5) is 0 Å². The van der Waals surface area contributed by atoms with Crippen molar-refractivity contribution in [1.29, 1.82) is 0 Å². The van der Waals surface area contributed by atoms with Crippen LogP contribution in [0.5, 0.6) is 0 Å². The average Bonchev–Trinajstić information content (AvgIpc) is 2.60. The van der Waals surface area contributed by atoms with Gasteiger partial charge in [0.2, 0.25) is 0 Å². The summed E-state index contributed by atoms with van der Waals surface area (Å²) in [5, 5.41) is 0. The molecule has 1 fully saturated rings. The summed E-state index contributed by atoms with van der Waals surface area (Å²) in [4.78, 5) is 22.3. The topological polar surface area (TPSA) is 52.6 Å². The van der Waals surface area contributed by atoms with Gasteiger partial charge in [-0.3, -0.25) is 9.59 Å². The Bertz CT molecular complexity index is 224. The van der Waals surface area contributed by atoms with E-state index in [1.165, 1.54) is 7.11 Å². The lowest BCUT2D eigenvalue weighted by Gasteiger charge is -2.08. The van der Waals surface area contributed by atoms with Crippen LogP contribution >= 0.6 is 0 Å². The highest BCUT2D eigenvalue weighted by molar-refractivity contribution is 5.86. The summed E-state index contributed by atoms with van der Waals surface area (Å²) < 4.78 is 9.84. The number of methoxy groups -OCH3 is 1. The molecule has 0 saturated carbocycles. The van der Waals surface area contributed by atoms with Crippen LogP contribution < -0.4 is 0 Å². The highest BCUT2D eigenvalue weighted by Crippen LogP contribution is 2.20. The first-order valence-corrected chi connectivity index (χ1v) is 4.88. The van der Waals surface area contributed by atoms with E-state index in [0.717, 1.165) is 12.8 Å². The fourth-order valence-corrected chi connectivity index (χ4v) is 1.53. The second-order valence-corrected chi connectivity index (χ2v) is 3.56. The maximum absolute atomic E-state index is 11.5. The number of hydrogen-bond acceptors (Lipinski definition) is 4. The van der Waals surface area contributed by atoms with E-state index < -0.39 is 0 Å². The number of ether oxygens (including phenoxy) is 2. The molecule has 0 aromatic carbocycles. The van der Waals surface area contributed by atoms with Crippen molar-refractivity contribution in [2.24, 2.45) is 0 Å². The molecule has 0 aliphatic carbocycles. The van der Waals surface area contributed by atoms with Gasteiger partial charge in [0.05, 0.1) is 19.6 Å². The van der Waals surface area contributed by atoms with Gasteiger partial charge in [0.15, 0.2) is 5.78 Å². The Morgan fingerprint density at radius 2 is 2.07 bits per heavy atom. The summed E-state index contributed by atoms with van der Waals surface area (Å²) in [5.41, 5.74) is 0. The molecule has 14 heavy (non-hydrogen) atoms. The summed E-state index contributed by atoms with van der Waals surface area (Å²) in [5.74, 6) is -0.329. The molecule has 2 atom stereocenters. The fraction of sp³-hybridized carbons (Fsp3) is 0.800. The largest absolute Gasteiger partial charge is 0.469 e. The monoisotopic (exact) mass is 200 g/mol. The summed E-state index contributed by atoms with van der Waals surface area (Å²) in [6, 6.07) is 0. The highest BCUT2D eigenvalue weighted by atomic mass is 16.5. The summed E-state index contributed by atoms with van der Waals surface area (Å²) in [7, 11) is 1.32. The van der Waals surface area contributed by atoms with E-state index in [9.17, 15) is 9.59 Å². The Labute approximate surface area is 83.6 Å². The molecule has 0 radical (unpaired) electrons. The lowest BCUT2D eigenvalue weighted by Crippen LogP contribution is -2.21. The van der Waals surface area contributed by atoms with Gasteiger partial charge in [-0.25, -0.2) is 0 Å². The predicted octanol–water partition coefficient (Wildman–Crippen LogP) is 1.08. The molecule has 0 aromatic heterocycles. The van der Waals surface area contributed by atoms with Gasteiger partial charge in [0.25, 0.3) is 0 Å². The Morgan fingerprint density at radius 1 is 1.36 bits per heavy atom. The SMILES string of the molecule is COC(=O)CCC(=O)C1CCC(C)O1. The summed E-state index contributed by atoms with van der Waals surface area (Å²) in [6.07, 6.45) is 1.96. The van der Waals surface area contributed by atoms with E-state index in [0.29, 0.717) is 0 Å². The molecule has 1 rings (SSSR count). The van der Waals surface area contributed by atoms with Gasteiger partial charge >= 0.3 is 5.97 Å². The maximum atomic E-state index is 11.5. The zero-order chi connectivity index (χ0) is 10.6. The van der Waals surface area contributed by atoms with Crippen molar-refractivity contribution in [2.75, 3.05) is 7.11 Å². The van der Waals surface area contributed by atoms with Crippen molar-refractivity contribution in [3.05, 3.63) is 0 Å². The van der Waals surface area contributed by atoms with E-state index in [-0.39, 0.29) is 36.8 Å². The van der Waals surface area contributed by atoms with E-state index in [1.807, 2.05) is 6.92 Å². The first kappa shape index (κ1) is 11.2. The van der Waals surface area contributed by atoms with Crippen LogP contribution in [-0.2, 0) is 19.1 Å². The second kappa shape index (κ2) is 5.10. The fourth-order valence-electron chi connectivity index (χ4n) is 1.53. The number of hydrogen-bond donors (Lipinski definition) is 0. The molecule has 1 aliphatic heterocycles. The zero-order valence-electron chi connectivity index (χ0n) is 8.62. The van der Waals surface area contributed by atoms with Crippen LogP contribution in [0.3, 0.4) is 0 Å². The standard InChI is InChI=1S/C10H16O4/c1-7-3-5-9(14-7)8(11)4-6-10(12)13-2/h7,9H,3-6H2,1-2H3. The molecule has 0 amide bonds. The van der Waals surface area contributed by atoms with Crippen molar-refractivity contribution in [2.45, 2.75) is 44.8 Å². The van der Waals surface area contributed by atoms with E-state index in [1.54, 1.807) is 0 Å². The molecule has 0 aromatic rings. The smallest absolute Gasteiger partial charge is 0.305 e. The summed E-state index contributed by atoms with van der Waals surface area (Å²) in [6.45, 7) is 1.95. The number of carbonyl (C=O) groups is 2. The molecule has 0 bridgehead atoms. The normalized spacial score (nSPS) is 26.1. The minimum absolute atomic E-state index is 0.0137. The number of rotatable bonds is 4. The van der Waals surface area contributed by atoms with Crippen LogP contribution in [0.1, 0.15) is 32.6 Å². The van der Waals surface area contributed by atoms with E-state index in [2.05, 4.69) is 4.74 Å². The molecule has 1 aliphatic rings. The lowest BCUT2D eigenvalue weighted by molar-refractivity contribution is -0.143. The molecule has 1 saturated heterocycles. The molecule has 0 N–H and O–H groups in total. The van der Waals surface area contributed by atoms with Gasteiger partial charge < -0.3 is 9.47 Å². The molecule has 2 unspecified atom stereocenters. The van der Waals surface area contributed by atoms with Crippen molar-refractivity contribution in [3.8, 4) is 0 Å². The van der Waals surface area contributed by atoms with E-state index >= 15 is 0 Å². The number of esters is 1. The van der Waals surface area contributed by atoms with Crippen LogP contribution in [0.15, 0.2) is 0 Å². The first-order valence-electron chi connectivity index (χ1n) is 4.88. The molecule has 0 spiro atoms. The second-order valence-electron chi connectivity index (χ2n) is 3.56. The first-order chi connectivity index (χ1) is 6.63. The van der Waals surface area contributed by atoms with Crippen LogP contribution in [-0.4, -0.2) is 31.1 Å². The van der Waals surface area contributed by atoms with Crippen molar-refractivity contribution < 1.29 is 19.1 Å². The Kier molecular flexibility index (Phi) is 4.07. The minimum Gasteiger partial charge on any atom is -0.469 e. The zero-order valence-corrected chi connectivity index (χ0v) is 8.62. The Morgan fingerprint density at radius 3 is 2.57 bits per heavy atom. The van der Waals surface area contributed by atoms with Gasteiger partial charge in [-0.05, 0) is 19.8 Å². The molecular formula is C10H16O4. The van der Waals surface area contributed by atoms with Crippen LogP contribution in [0.2, 0.25) is 0 Å². The number of carbonyl (C=O) groups excluding carboxylic acids is 2. The van der Waals surface area contributed by atoms with Gasteiger partial charge in [-0.15, -0.1) is 0 Å². The predicted molar refractivity (Wildman–Crippen MR) is 49.8 cm³/mol. The molecular weight excluding hydrogens is 184 g/mol. The van der Waals surface area contributed by atoms with Gasteiger partial charge in [-0.1, -0.05) is 0 Å². The third-order valence-electron chi connectivity index (χ3n) is 2.39.